The van der Waals surface area contributed by atoms with Gasteiger partial charge in [0.15, 0.2) is 11.5 Å². The number of rotatable bonds is 4. The zero-order chi connectivity index (χ0) is 24.8. The Morgan fingerprint density at radius 3 is 2.57 bits per heavy atom. The smallest absolute Gasteiger partial charge is 0.262 e. The second-order valence-corrected chi connectivity index (χ2v) is 8.76. The molecule has 0 saturated carbocycles. The summed E-state index contributed by atoms with van der Waals surface area (Å²) in [6, 6.07) is 26.8. The monoisotopic (exact) mass is 487 g/mol. The van der Waals surface area contributed by atoms with Crippen LogP contribution in [0, 0.1) is 0 Å². The minimum Gasteiger partial charge on any atom is -0.454 e. The molecule has 0 saturated heterocycles. The molecule has 1 N–H and O–H groups in total. The minimum atomic E-state index is -0.546. The SMILES string of the molecule is O=C1c2ccccc2NC(c2cn(-c3ccccc3)nc2-c2cccnc2)N1c1ccc2c(c1)OCO2. The Morgan fingerprint density at radius 2 is 1.70 bits per heavy atom. The molecule has 3 aromatic carbocycles. The molecule has 2 aliphatic rings. The number of hydrogen-bond acceptors (Lipinski definition) is 6. The molecule has 2 aliphatic heterocycles. The molecule has 1 unspecified atom stereocenters. The number of amides is 1. The fourth-order valence-electron chi connectivity index (χ4n) is 4.80. The topological polar surface area (TPSA) is 81.5 Å². The number of carbonyl (C=O) groups is 1. The van der Waals surface area contributed by atoms with Crippen LogP contribution in [0.4, 0.5) is 11.4 Å². The summed E-state index contributed by atoms with van der Waals surface area (Å²) in [7, 11) is 0. The number of anilines is 2. The molecule has 8 heteroatoms. The lowest BCUT2D eigenvalue weighted by Gasteiger charge is -2.38. The standard InChI is InChI=1S/C29H21N5O3/c35-29-22-10-4-5-11-24(22)31-28(34(29)21-12-13-25-26(15-21)37-18-36-25)23-17-33(20-8-2-1-3-9-20)32-27(23)19-7-6-14-30-16-19/h1-17,28,31H,18H2. The number of hydrogen-bond donors (Lipinski definition) is 1. The van der Waals surface area contributed by atoms with Crippen molar-refractivity contribution in [2.75, 3.05) is 17.0 Å². The third-order valence-electron chi connectivity index (χ3n) is 6.55. The van der Waals surface area contributed by atoms with E-state index in [0.29, 0.717) is 22.7 Å². The number of nitrogens with one attached hydrogen (secondary N) is 1. The van der Waals surface area contributed by atoms with Crippen LogP contribution in [0.1, 0.15) is 22.1 Å². The van der Waals surface area contributed by atoms with E-state index in [1.54, 1.807) is 17.3 Å². The molecule has 37 heavy (non-hydrogen) atoms. The highest BCUT2D eigenvalue weighted by Crippen LogP contribution is 2.43. The number of ether oxygens (including phenoxy) is 2. The summed E-state index contributed by atoms with van der Waals surface area (Å²) in [4.78, 5) is 20.1. The average molecular weight is 488 g/mol. The van der Waals surface area contributed by atoms with Gasteiger partial charge >= 0.3 is 0 Å². The van der Waals surface area contributed by atoms with E-state index in [1.165, 1.54) is 0 Å². The van der Waals surface area contributed by atoms with Gasteiger partial charge in [-0.1, -0.05) is 30.3 Å². The summed E-state index contributed by atoms with van der Waals surface area (Å²) in [6.45, 7) is 0.159. The predicted molar refractivity (Wildman–Crippen MR) is 139 cm³/mol. The Bertz CT molecular complexity index is 1620. The Labute approximate surface area is 212 Å². The van der Waals surface area contributed by atoms with Crippen molar-refractivity contribution in [1.82, 2.24) is 14.8 Å². The van der Waals surface area contributed by atoms with Gasteiger partial charge in [-0.2, -0.15) is 5.10 Å². The van der Waals surface area contributed by atoms with Crippen LogP contribution in [0.25, 0.3) is 16.9 Å². The number of nitrogens with zero attached hydrogens (tertiary/aromatic N) is 4. The molecule has 5 aromatic rings. The number of pyridine rings is 1. The van der Waals surface area contributed by atoms with E-state index in [2.05, 4.69) is 10.3 Å². The summed E-state index contributed by atoms with van der Waals surface area (Å²) in [5.41, 5.74) is 5.37. The molecule has 2 aromatic heterocycles. The summed E-state index contributed by atoms with van der Waals surface area (Å²) in [6.07, 6.45) is 4.94. The Balaban J connectivity index is 1.43. The van der Waals surface area contributed by atoms with Crippen molar-refractivity contribution < 1.29 is 14.3 Å². The lowest BCUT2D eigenvalue weighted by Crippen LogP contribution is -2.43. The van der Waals surface area contributed by atoms with Crippen molar-refractivity contribution >= 4 is 17.3 Å². The largest absolute Gasteiger partial charge is 0.454 e. The molecule has 0 bridgehead atoms. The van der Waals surface area contributed by atoms with Crippen LogP contribution in [-0.4, -0.2) is 27.5 Å². The highest BCUT2D eigenvalue weighted by Gasteiger charge is 2.37. The van der Waals surface area contributed by atoms with Crippen LogP contribution in [0.2, 0.25) is 0 Å². The van der Waals surface area contributed by atoms with Gasteiger partial charge in [-0.3, -0.25) is 14.7 Å². The molecule has 0 radical (unpaired) electrons. The van der Waals surface area contributed by atoms with Gasteiger partial charge in [0.1, 0.15) is 11.9 Å². The van der Waals surface area contributed by atoms with E-state index in [9.17, 15) is 4.79 Å². The number of para-hydroxylation sites is 2. The molecular weight excluding hydrogens is 466 g/mol. The van der Waals surface area contributed by atoms with Gasteiger partial charge in [-0.15, -0.1) is 0 Å². The van der Waals surface area contributed by atoms with Gasteiger partial charge in [0.25, 0.3) is 5.91 Å². The summed E-state index contributed by atoms with van der Waals surface area (Å²) >= 11 is 0. The van der Waals surface area contributed by atoms with Gasteiger partial charge < -0.3 is 14.8 Å². The van der Waals surface area contributed by atoms with E-state index in [4.69, 9.17) is 14.6 Å². The van der Waals surface area contributed by atoms with Crippen molar-refractivity contribution in [2.45, 2.75) is 6.17 Å². The lowest BCUT2D eigenvalue weighted by molar-refractivity contribution is 0.0975. The average Bonchev–Trinajstić information content (AvgIpc) is 3.61. The maximum absolute atomic E-state index is 14.0. The fourth-order valence-corrected chi connectivity index (χ4v) is 4.80. The quantitative estimate of drug-likeness (QED) is 0.364. The van der Waals surface area contributed by atoms with Crippen molar-refractivity contribution in [3.63, 3.8) is 0 Å². The van der Waals surface area contributed by atoms with E-state index in [1.807, 2.05) is 95.8 Å². The van der Waals surface area contributed by atoms with Crippen molar-refractivity contribution in [3.8, 4) is 28.4 Å². The molecule has 8 nitrogen and oxygen atoms in total. The third-order valence-corrected chi connectivity index (χ3v) is 6.55. The maximum Gasteiger partial charge on any atom is 0.262 e. The number of aromatic nitrogens is 3. The second-order valence-electron chi connectivity index (χ2n) is 8.76. The van der Waals surface area contributed by atoms with Crippen molar-refractivity contribution in [3.05, 3.63) is 115 Å². The van der Waals surface area contributed by atoms with Gasteiger partial charge in [0.05, 0.1) is 16.9 Å². The molecule has 0 aliphatic carbocycles. The molecule has 1 amide bonds. The Morgan fingerprint density at radius 1 is 0.865 bits per heavy atom. The fraction of sp³-hybridized carbons (Fsp3) is 0.0690. The van der Waals surface area contributed by atoms with E-state index in [0.717, 1.165) is 28.2 Å². The van der Waals surface area contributed by atoms with E-state index < -0.39 is 6.17 Å². The lowest BCUT2D eigenvalue weighted by atomic mass is 10.0. The van der Waals surface area contributed by atoms with Crippen LogP contribution in [0.15, 0.2) is 104 Å². The summed E-state index contributed by atoms with van der Waals surface area (Å²) in [5, 5.41) is 8.54. The van der Waals surface area contributed by atoms with Gasteiger partial charge in [-0.25, -0.2) is 4.68 Å². The van der Waals surface area contributed by atoms with Crippen molar-refractivity contribution in [2.24, 2.45) is 0 Å². The first-order chi connectivity index (χ1) is 18.3. The number of fused-ring (bicyclic) bond motifs is 2. The van der Waals surface area contributed by atoms with Crippen LogP contribution in [0.3, 0.4) is 0 Å². The molecule has 180 valence electrons. The number of benzene rings is 3. The van der Waals surface area contributed by atoms with Gasteiger partial charge in [0, 0.05) is 41.5 Å². The summed E-state index contributed by atoms with van der Waals surface area (Å²) < 4.78 is 13.0. The highest BCUT2D eigenvalue weighted by atomic mass is 16.7. The van der Waals surface area contributed by atoms with Gasteiger partial charge in [-0.05, 0) is 48.5 Å². The molecule has 7 rings (SSSR count). The third kappa shape index (κ3) is 3.58. The van der Waals surface area contributed by atoms with Crippen LogP contribution < -0.4 is 19.7 Å². The van der Waals surface area contributed by atoms with Crippen molar-refractivity contribution in [1.29, 1.82) is 0 Å². The normalized spacial score (nSPS) is 15.8. The molecule has 0 spiro atoms. The predicted octanol–water partition coefficient (Wildman–Crippen LogP) is 5.43. The summed E-state index contributed by atoms with van der Waals surface area (Å²) in [5.74, 6) is 1.14. The first kappa shape index (κ1) is 21.2. The van der Waals surface area contributed by atoms with Gasteiger partial charge in [0.2, 0.25) is 6.79 Å². The first-order valence-corrected chi connectivity index (χ1v) is 11.9. The van der Waals surface area contributed by atoms with Crippen LogP contribution in [0.5, 0.6) is 11.5 Å². The number of carbonyl (C=O) groups excluding carboxylic acids is 1. The van der Waals surface area contributed by atoms with Crippen LogP contribution >= 0.6 is 0 Å². The van der Waals surface area contributed by atoms with E-state index in [-0.39, 0.29) is 12.7 Å². The highest BCUT2D eigenvalue weighted by molar-refractivity contribution is 6.12. The maximum atomic E-state index is 14.0. The Hall–Kier alpha value is -5.11. The first-order valence-electron chi connectivity index (χ1n) is 11.9. The second kappa shape index (κ2) is 8.53. The molecule has 0 fully saturated rings. The molecule has 4 heterocycles. The molecule has 1 atom stereocenters. The van der Waals surface area contributed by atoms with E-state index >= 15 is 0 Å². The molecular formula is C29H21N5O3. The zero-order valence-electron chi connectivity index (χ0n) is 19.6. The Kier molecular flexibility index (Phi) is 4.88. The minimum absolute atomic E-state index is 0.122. The zero-order valence-corrected chi connectivity index (χ0v) is 19.6. The van der Waals surface area contributed by atoms with Crippen LogP contribution in [-0.2, 0) is 0 Å².